The molecule has 0 aliphatic heterocycles. The van der Waals surface area contributed by atoms with Crippen molar-refractivity contribution in [2.24, 2.45) is 0 Å². The van der Waals surface area contributed by atoms with Crippen molar-refractivity contribution in [3.05, 3.63) is 71.5 Å². The van der Waals surface area contributed by atoms with Crippen LogP contribution in [0.5, 0.6) is 0 Å². The van der Waals surface area contributed by atoms with E-state index in [4.69, 9.17) is 0 Å². The molecule has 4 aromatic rings. The fourth-order valence-corrected chi connectivity index (χ4v) is 3.24. The number of aryl methyl sites for hydroxylation is 1. The van der Waals surface area contributed by atoms with E-state index in [-0.39, 0.29) is 5.82 Å². The monoisotopic (exact) mass is 344 g/mol. The van der Waals surface area contributed by atoms with Gasteiger partial charge in [0, 0.05) is 5.69 Å². The Balaban J connectivity index is 2.00. The van der Waals surface area contributed by atoms with Gasteiger partial charge in [0.15, 0.2) is 5.65 Å². The molecule has 4 rings (SSSR count). The van der Waals surface area contributed by atoms with E-state index in [1.54, 1.807) is 12.1 Å². The Morgan fingerprint density at radius 1 is 1.15 bits per heavy atom. The van der Waals surface area contributed by atoms with E-state index in [1.165, 1.54) is 12.1 Å². The van der Waals surface area contributed by atoms with E-state index >= 15 is 0 Å². The van der Waals surface area contributed by atoms with Crippen molar-refractivity contribution in [1.29, 1.82) is 5.26 Å². The van der Waals surface area contributed by atoms with Gasteiger partial charge in [-0.05, 0) is 54.4 Å². The van der Waals surface area contributed by atoms with Crippen molar-refractivity contribution in [3.8, 4) is 6.07 Å². The zero-order chi connectivity index (χ0) is 18.1. The number of aromatic nitrogens is 2. The van der Waals surface area contributed by atoms with Crippen LogP contribution >= 0.6 is 0 Å². The molecule has 0 radical (unpaired) electrons. The van der Waals surface area contributed by atoms with E-state index in [0.29, 0.717) is 11.2 Å². The van der Waals surface area contributed by atoms with Crippen molar-refractivity contribution >= 4 is 28.2 Å². The third-order valence-electron chi connectivity index (χ3n) is 4.41. The van der Waals surface area contributed by atoms with Gasteiger partial charge in [-0.15, -0.1) is 0 Å². The Kier molecular flexibility index (Phi) is 4.02. The third kappa shape index (κ3) is 2.66. The zero-order valence-electron chi connectivity index (χ0n) is 14.3. The van der Waals surface area contributed by atoms with E-state index in [2.05, 4.69) is 23.3 Å². The van der Waals surface area contributed by atoms with Crippen LogP contribution in [0.4, 0.5) is 15.9 Å². The van der Waals surface area contributed by atoms with E-state index in [9.17, 15) is 9.65 Å². The Bertz CT molecular complexity index is 1140. The van der Waals surface area contributed by atoms with Crippen LogP contribution in [0.15, 0.2) is 54.6 Å². The fourth-order valence-electron chi connectivity index (χ4n) is 3.24. The molecule has 0 atom stereocenters. The fraction of sp³-hybridized carbons (Fsp3) is 0.143. The van der Waals surface area contributed by atoms with Crippen molar-refractivity contribution < 1.29 is 4.39 Å². The van der Waals surface area contributed by atoms with Gasteiger partial charge in [-0.2, -0.15) is 5.26 Å². The number of imidazole rings is 1. The maximum absolute atomic E-state index is 13.2. The molecule has 128 valence electrons. The van der Waals surface area contributed by atoms with E-state index in [1.807, 2.05) is 34.7 Å². The van der Waals surface area contributed by atoms with Gasteiger partial charge < -0.3 is 5.32 Å². The maximum atomic E-state index is 13.2. The molecule has 0 unspecified atom stereocenters. The molecule has 0 aliphatic rings. The second-order valence-corrected chi connectivity index (χ2v) is 6.18. The molecule has 2 aromatic heterocycles. The highest BCUT2D eigenvalue weighted by atomic mass is 19.1. The summed E-state index contributed by atoms with van der Waals surface area (Å²) in [6.45, 7) is 2.08. The molecule has 4 nitrogen and oxygen atoms in total. The molecule has 0 bridgehead atoms. The first-order valence-electron chi connectivity index (χ1n) is 8.57. The Morgan fingerprint density at radius 3 is 2.65 bits per heavy atom. The molecule has 0 fully saturated rings. The summed E-state index contributed by atoms with van der Waals surface area (Å²) < 4.78 is 15.2. The molecule has 0 saturated carbocycles. The van der Waals surface area contributed by atoms with Gasteiger partial charge in [0.2, 0.25) is 0 Å². The SMILES string of the molecule is CCCc1cc(Nc2ccc(F)cc2)n2c(nc3ccccc32)c1C#N. The van der Waals surface area contributed by atoms with Gasteiger partial charge in [-0.3, -0.25) is 4.40 Å². The van der Waals surface area contributed by atoms with Crippen LogP contribution in [0.1, 0.15) is 24.5 Å². The van der Waals surface area contributed by atoms with Crippen LogP contribution in [-0.2, 0) is 6.42 Å². The van der Waals surface area contributed by atoms with Gasteiger partial charge in [0.25, 0.3) is 0 Å². The average Bonchev–Trinajstić information content (AvgIpc) is 3.03. The highest BCUT2D eigenvalue weighted by Gasteiger charge is 2.16. The minimum Gasteiger partial charge on any atom is -0.341 e. The van der Waals surface area contributed by atoms with Gasteiger partial charge in [0.05, 0.1) is 16.6 Å². The van der Waals surface area contributed by atoms with Crippen molar-refractivity contribution in [2.75, 3.05) is 5.32 Å². The second-order valence-electron chi connectivity index (χ2n) is 6.18. The molecule has 0 saturated heterocycles. The molecule has 2 aromatic carbocycles. The number of halogens is 1. The first-order chi connectivity index (χ1) is 12.7. The van der Waals surface area contributed by atoms with Crippen molar-refractivity contribution in [1.82, 2.24) is 9.38 Å². The molecular formula is C21H17FN4. The molecule has 5 heteroatoms. The summed E-state index contributed by atoms with van der Waals surface area (Å²) in [5.41, 5.74) is 4.74. The first-order valence-corrected chi connectivity index (χ1v) is 8.57. The molecule has 1 N–H and O–H groups in total. The Labute approximate surface area is 150 Å². The number of anilines is 2. The number of hydrogen-bond donors (Lipinski definition) is 1. The predicted molar refractivity (Wildman–Crippen MR) is 101 cm³/mol. The summed E-state index contributed by atoms with van der Waals surface area (Å²) in [5, 5.41) is 13.1. The first kappa shape index (κ1) is 16.1. The molecular weight excluding hydrogens is 327 g/mol. The second kappa shape index (κ2) is 6.49. The van der Waals surface area contributed by atoms with Gasteiger partial charge in [-0.25, -0.2) is 9.37 Å². The minimum atomic E-state index is -0.278. The lowest BCUT2D eigenvalue weighted by molar-refractivity contribution is 0.628. The number of rotatable bonds is 4. The van der Waals surface area contributed by atoms with Crippen LogP contribution in [0, 0.1) is 17.1 Å². The summed E-state index contributed by atoms with van der Waals surface area (Å²) in [6, 6.07) is 18.3. The molecule has 0 aliphatic carbocycles. The van der Waals surface area contributed by atoms with E-state index in [0.717, 1.165) is 40.9 Å². The number of hydrogen-bond acceptors (Lipinski definition) is 3. The lowest BCUT2D eigenvalue weighted by atomic mass is 10.1. The van der Waals surface area contributed by atoms with Crippen LogP contribution in [0.3, 0.4) is 0 Å². The van der Waals surface area contributed by atoms with Crippen LogP contribution in [0.2, 0.25) is 0 Å². The summed E-state index contributed by atoms with van der Waals surface area (Å²) in [4.78, 5) is 4.69. The summed E-state index contributed by atoms with van der Waals surface area (Å²) in [7, 11) is 0. The molecule has 26 heavy (non-hydrogen) atoms. The largest absolute Gasteiger partial charge is 0.341 e. The minimum absolute atomic E-state index is 0.278. The Morgan fingerprint density at radius 2 is 1.92 bits per heavy atom. The summed E-state index contributed by atoms with van der Waals surface area (Å²) in [6.07, 6.45) is 1.72. The number of pyridine rings is 1. The normalized spacial score (nSPS) is 11.0. The number of para-hydroxylation sites is 2. The number of nitrogens with zero attached hydrogens (tertiary/aromatic N) is 3. The van der Waals surface area contributed by atoms with Gasteiger partial charge >= 0.3 is 0 Å². The maximum Gasteiger partial charge on any atom is 0.157 e. The summed E-state index contributed by atoms with van der Waals surface area (Å²) in [5.74, 6) is 0.531. The van der Waals surface area contributed by atoms with Crippen LogP contribution < -0.4 is 5.32 Å². The quantitative estimate of drug-likeness (QED) is 0.554. The molecule has 0 amide bonds. The van der Waals surface area contributed by atoms with Gasteiger partial charge in [0.1, 0.15) is 17.7 Å². The topological polar surface area (TPSA) is 53.1 Å². The van der Waals surface area contributed by atoms with E-state index < -0.39 is 0 Å². The Hall–Kier alpha value is -3.39. The standard InChI is InChI=1S/C21H17FN4/c1-2-5-14-12-20(24-16-10-8-15(22)9-11-16)26-19-7-4-3-6-18(19)25-21(26)17(14)13-23/h3-4,6-12,24H,2,5H2,1H3. The molecule has 2 heterocycles. The average molecular weight is 344 g/mol. The molecule has 0 spiro atoms. The predicted octanol–water partition coefficient (Wildman–Crippen LogP) is 5.19. The highest BCUT2D eigenvalue weighted by molar-refractivity contribution is 5.85. The van der Waals surface area contributed by atoms with Gasteiger partial charge in [-0.1, -0.05) is 25.5 Å². The zero-order valence-corrected chi connectivity index (χ0v) is 14.3. The van der Waals surface area contributed by atoms with Crippen molar-refractivity contribution in [3.63, 3.8) is 0 Å². The smallest absolute Gasteiger partial charge is 0.157 e. The van der Waals surface area contributed by atoms with Crippen molar-refractivity contribution in [2.45, 2.75) is 19.8 Å². The number of benzene rings is 2. The lowest BCUT2D eigenvalue weighted by Gasteiger charge is -2.14. The highest BCUT2D eigenvalue weighted by Crippen LogP contribution is 2.29. The lowest BCUT2D eigenvalue weighted by Crippen LogP contribution is -2.03. The van der Waals surface area contributed by atoms with Crippen LogP contribution in [0.25, 0.3) is 16.7 Å². The number of nitriles is 1. The summed E-state index contributed by atoms with van der Waals surface area (Å²) >= 11 is 0. The number of nitrogens with one attached hydrogen (secondary N) is 1. The van der Waals surface area contributed by atoms with Crippen LogP contribution in [-0.4, -0.2) is 9.38 Å². The number of fused-ring (bicyclic) bond motifs is 3. The third-order valence-corrected chi connectivity index (χ3v) is 4.41.